The molecule has 1 aromatic rings. The molecule has 2 N–H and O–H groups in total. The first-order chi connectivity index (χ1) is 6.27. The van der Waals surface area contributed by atoms with Crippen LogP contribution in [0.25, 0.3) is 0 Å². The van der Waals surface area contributed by atoms with E-state index in [1.807, 2.05) is 0 Å². The minimum absolute atomic E-state index is 0.333. The molecule has 0 amide bonds. The summed E-state index contributed by atoms with van der Waals surface area (Å²) < 4.78 is 6.19. The molecule has 1 heterocycles. The smallest absolute Gasteiger partial charge is 0.358 e. The van der Waals surface area contributed by atoms with Crippen molar-refractivity contribution in [3.8, 4) is 0 Å². The number of hydrogen-bond donors (Lipinski definition) is 1. The molecule has 0 fully saturated rings. The van der Waals surface area contributed by atoms with Gasteiger partial charge in [0.25, 0.3) is 0 Å². The molecule has 0 aliphatic carbocycles. The van der Waals surface area contributed by atoms with Gasteiger partial charge in [0.1, 0.15) is 0 Å². The maximum atomic E-state index is 11.0. The molecule has 72 valence electrons. The predicted molar refractivity (Wildman–Crippen MR) is 47.2 cm³/mol. The van der Waals surface area contributed by atoms with Gasteiger partial charge < -0.3 is 10.5 Å². The lowest BCUT2D eigenvalue weighted by molar-refractivity contribution is 0.0593. The van der Waals surface area contributed by atoms with E-state index in [1.54, 1.807) is 16.9 Å². The number of esters is 1. The molecule has 0 saturated carbocycles. The van der Waals surface area contributed by atoms with E-state index in [2.05, 4.69) is 9.84 Å². The number of methoxy groups -OCH3 is 1. The summed E-state index contributed by atoms with van der Waals surface area (Å²) in [6.45, 7) is 1.35. The van der Waals surface area contributed by atoms with E-state index in [1.165, 1.54) is 7.11 Å². The van der Waals surface area contributed by atoms with Crippen LogP contribution in [0.15, 0.2) is 12.3 Å². The molecule has 0 spiro atoms. The van der Waals surface area contributed by atoms with Crippen molar-refractivity contribution >= 4 is 5.97 Å². The number of carbonyl (C=O) groups is 1. The number of ether oxygens (including phenoxy) is 1. The average Bonchev–Trinajstić information content (AvgIpc) is 2.62. The molecule has 13 heavy (non-hydrogen) atoms. The molecule has 0 saturated heterocycles. The molecule has 5 nitrogen and oxygen atoms in total. The van der Waals surface area contributed by atoms with Crippen LogP contribution in [-0.4, -0.2) is 29.4 Å². The first kappa shape index (κ1) is 9.73. The van der Waals surface area contributed by atoms with Gasteiger partial charge in [-0.15, -0.1) is 0 Å². The van der Waals surface area contributed by atoms with Crippen molar-refractivity contribution in [3.05, 3.63) is 18.0 Å². The molecule has 0 bridgehead atoms. The number of aryl methyl sites for hydroxylation is 1. The second-order valence-electron chi connectivity index (χ2n) is 2.60. The number of hydrogen-bond acceptors (Lipinski definition) is 4. The Morgan fingerprint density at radius 3 is 3.15 bits per heavy atom. The van der Waals surface area contributed by atoms with Crippen molar-refractivity contribution in [2.75, 3.05) is 13.7 Å². The lowest BCUT2D eigenvalue weighted by Gasteiger charge is -1.97. The van der Waals surface area contributed by atoms with Crippen molar-refractivity contribution in [2.45, 2.75) is 13.0 Å². The molecule has 0 radical (unpaired) electrons. The van der Waals surface area contributed by atoms with Gasteiger partial charge in [0.15, 0.2) is 5.69 Å². The molecule has 0 aliphatic rings. The van der Waals surface area contributed by atoms with Gasteiger partial charge >= 0.3 is 5.97 Å². The molecular formula is C8H13N3O2. The summed E-state index contributed by atoms with van der Waals surface area (Å²) in [4.78, 5) is 11.0. The van der Waals surface area contributed by atoms with Crippen LogP contribution in [0.5, 0.6) is 0 Å². The molecule has 0 atom stereocenters. The fourth-order valence-electron chi connectivity index (χ4n) is 0.953. The van der Waals surface area contributed by atoms with E-state index in [-0.39, 0.29) is 0 Å². The van der Waals surface area contributed by atoms with Crippen LogP contribution in [0, 0.1) is 0 Å². The summed E-state index contributed by atoms with van der Waals surface area (Å²) in [7, 11) is 1.33. The Kier molecular flexibility index (Phi) is 3.45. The third-order valence-corrected chi connectivity index (χ3v) is 1.63. The van der Waals surface area contributed by atoms with Gasteiger partial charge in [0, 0.05) is 12.7 Å². The molecule has 1 rings (SSSR count). The summed E-state index contributed by atoms with van der Waals surface area (Å²) >= 11 is 0. The highest BCUT2D eigenvalue weighted by molar-refractivity contribution is 5.86. The quantitative estimate of drug-likeness (QED) is 0.668. The van der Waals surface area contributed by atoms with E-state index in [0.717, 1.165) is 13.0 Å². The Labute approximate surface area is 76.5 Å². The number of rotatable bonds is 4. The van der Waals surface area contributed by atoms with Gasteiger partial charge in [0.2, 0.25) is 0 Å². The van der Waals surface area contributed by atoms with Crippen molar-refractivity contribution in [1.29, 1.82) is 0 Å². The van der Waals surface area contributed by atoms with Crippen molar-refractivity contribution in [1.82, 2.24) is 9.78 Å². The highest BCUT2D eigenvalue weighted by Gasteiger charge is 2.07. The Bertz CT molecular complexity index is 283. The van der Waals surface area contributed by atoms with Crippen molar-refractivity contribution in [2.24, 2.45) is 5.73 Å². The zero-order valence-corrected chi connectivity index (χ0v) is 7.56. The first-order valence-corrected chi connectivity index (χ1v) is 4.09. The monoisotopic (exact) mass is 183 g/mol. The van der Waals surface area contributed by atoms with E-state index in [0.29, 0.717) is 12.2 Å². The SMILES string of the molecule is COC(=O)c1ccn(CCCN)n1. The fraction of sp³-hybridized carbons (Fsp3) is 0.500. The van der Waals surface area contributed by atoms with E-state index in [9.17, 15) is 4.79 Å². The zero-order chi connectivity index (χ0) is 9.68. The zero-order valence-electron chi connectivity index (χ0n) is 7.56. The summed E-state index contributed by atoms with van der Waals surface area (Å²) in [6.07, 6.45) is 2.59. The van der Waals surface area contributed by atoms with Crippen LogP contribution in [0.4, 0.5) is 0 Å². The van der Waals surface area contributed by atoms with E-state index in [4.69, 9.17) is 5.73 Å². The third-order valence-electron chi connectivity index (χ3n) is 1.63. The van der Waals surface area contributed by atoms with Crippen LogP contribution < -0.4 is 5.73 Å². The molecule has 1 aromatic heterocycles. The summed E-state index contributed by atoms with van der Waals surface area (Å²) in [6, 6.07) is 1.63. The Balaban J connectivity index is 2.58. The number of carbonyl (C=O) groups excluding carboxylic acids is 1. The van der Waals surface area contributed by atoms with Crippen LogP contribution in [0.3, 0.4) is 0 Å². The van der Waals surface area contributed by atoms with Gasteiger partial charge in [-0.3, -0.25) is 4.68 Å². The number of nitrogens with zero attached hydrogens (tertiary/aromatic N) is 2. The van der Waals surface area contributed by atoms with Crippen molar-refractivity contribution < 1.29 is 9.53 Å². The molecule has 0 aliphatic heterocycles. The fourth-order valence-corrected chi connectivity index (χ4v) is 0.953. The Hall–Kier alpha value is -1.36. The van der Waals surface area contributed by atoms with Crippen LogP contribution >= 0.6 is 0 Å². The predicted octanol–water partition coefficient (Wildman–Crippen LogP) is 0.0185. The van der Waals surface area contributed by atoms with Gasteiger partial charge in [0.05, 0.1) is 7.11 Å². The van der Waals surface area contributed by atoms with E-state index >= 15 is 0 Å². The lowest BCUT2D eigenvalue weighted by Crippen LogP contribution is -2.08. The standard InChI is InChI=1S/C8H13N3O2/c1-13-8(12)7-3-6-11(10-7)5-2-4-9/h3,6H,2,4-5,9H2,1H3. The first-order valence-electron chi connectivity index (χ1n) is 4.09. The molecule has 5 heteroatoms. The van der Waals surface area contributed by atoms with Crippen LogP contribution in [0.2, 0.25) is 0 Å². The van der Waals surface area contributed by atoms with Crippen LogP contribution in [-0.2, 0) is 11.3 Å². The summed E-state index contributed by atoms with van der Waals surface area (Å²) in [5.74, 6) is -0.411. The van der Waals surface area contributed by atoms with Gasteiger partial charge in [-0.2, -0.15) is 5.10 Å². The minimum Gasteiger partial charge on any atom is -0.464 e. The van der Waals surface area contributed by atoms with E-state index < -0.39 is 5.97 Å². The molecule has 0 aromatic carbocycles. The minimum atomic E-state index is -0.411. The van der Waals surface area contributed by atoms with Gasteiger partial charge in [-0.25, -0.2) is 4.79 Å². The second-order valence-corrected chi connectivity index (χ2v) is 2.60. The van der Waals surface area contributed by atoms with Crippen molar-refractivity contribution in [3.63, 3.8) is 0 Å². The van der Waals surface area contributed by atoms with Crippen LogP contribution in [0.1, 0.15) is 16.9 Å². The highest BCUT2D eigenvalue weighted by atomic mass is 16.5. The average molecular weight is 183 g/mol. The normalized spacial score (nSPS) is 10.0. The maximum Gasteiger partial charge on any atom is 0.358 e. The van der Waals surface area contributed by atoms with Gasteiger partial charge in [-0.1, -0.05) is 0 Å². The third kappa shape index (κ3) is 2.55. The second kappa shape index (κ2) is 4.61. The largest absolute Gasteiger partial charge is 0.464 e. The molecular weight excluding hydrogens is 170 g/mol. The number of nitrogens with two attached hydrogens (primary N) is 1. The van der Waals surface area contributed by atoms with Gasteiger partial charge in [-0.05, 0) is 19.0 Å². The summed E-state index contributed by atoms with van der Waals surface area (Å²) in [5.41, 5.74) is 5.67. The number of aromatic nitrogens is 2. The Morgan fingerprint density at radius 2 is 2.54 bits per heavy atom. The highest BCUT2D eigenvalue weighted by Crippen LogP contribution is 1.98. The summed E-state index contributed by atoms with van der Waals surface area (Å²) in [5, 5.41) is 4.01. The Morgan fingerprint density at radius 1 is 1.77 bits per heavy atom. The maximum absolute atomic E-state index is 11.0. The topological polar surface area (TPSA) is 70.1 Å². The molecule has 0 unspecified atom stereocenters. The lowest BCUT2D eigenvalue weighted by atomic mass is 10.4.